The lowest BCUT2D eigenvalue weighted by atomic mass is 10.1. The first-order valence-corrected chi connectivity index (χ1v) is 8.67. The maximum atomic E-state index is 13.7. The predicted molar refractivity (Wildman–Crippen MR) is 94.8 cm³/mol. The molecule has 2 aromatic rings. The van der Waals surface area contributed by atoms with E-state index in [4.69, 9.17) is 4.52 Å². The van der Waals surface area contributed by atoms with Gasteiger partial charge in [-0.3, -0.25) is 9.89 Å². The van der Waals surface area contributed by atoms with Crippen LogP contribution in [0.4, 0.5) is 8.78 Å². The van der Waals surface area contributed by atoms with Crippen LogP contribution in [-0.4, -0.2) is 60.7 Å². The Kier molecular flexibility index (Phi) is 6.17. The van der Waals surface area contributed by atoms with Crippen molar-refractivity contribution in [1.29, 1.82) is 0 Å². The number of guanidine groups is 1. The average Bonchev–Trinajstić information content (AvgIpc) is 3.16. The van der Waals surface area contributed by atoms with Crippen LogP contribution in [0.2, 0.25) is 0 Å². The Morgan fingerprint density at radius 1 is 1.23 bits per heavy atom. The van der Waals surface area contributed by atoms with Crippen LogP contribution in [0, 0.1) is 11.6 Å². The van der Waals surface area contributed by atoms with Crippen molar-refractivity contribution in [2.75, 3.05) is 39.8 Å². The molecule has 0 aliphatic carbocycles. The van der Waals surface area contributed by atoms with Crippen LogP contribution in [0.25, 0.3) is 0 Å². The number of benzene rings is 1. The third-order valence-corrected chi connectivity index (χ3v) is 4.47. The predicted octanol–water partition coefficient (Wildman–Crippen LogP) is 1.89. The van der Waals surface area contributed by atoms with Crippen molar-refractivity contribution >= 4 is 5.96 Å². The van der Waals surface area contributed by atoms with Gasteiger partial charge in [-0.1, -0.05) is 17.3 Å². The van der Waals surface area contributed by atoms with Crippen LogP contribution in [-0.2, 0) is 13.0 Å². The van der Waals surface area contributed by atoms with Gasteiger partial charge in [0.15, 0.2) is 17.6 Å². The maximum absolute atomic E-state index is 13.7. The van der Waals surface area contributed by atoms with Crippen molar-refractivity contribution < 1.29 is 13.3 Å². The zero-order valence-electron chi connectivity index (χ0n) is 14.8. The molecule has 6 nitrogen and oxygen atoms in total. The standard InChI is InChI=1S/C18H23F2N5O/c1-21-18(22-7-5-14-3-2-4-16(19)17(14)20)25-10-8-24(9-11-25)13-15-6-12-26-23-15/h2-4,6,12H,5,7-11,13H2,1H3,(H,21,22). The highest BCUT2D eigenvalue weighted by Gasteiger charge is 2.20. The Morgan fingerprint density at radius 2 is 2.04 bits per heavy atom. The minimum atomic E-state index is -0.810. The van der Waals surface area contributed by atoms with Gasteiger partial charge in [0.1, 0.15) is 6.26 Å². The minimum Gasteiger partial charge on any atom is -0.364 e. The smallest absolute Gasteiger partial charge is 0.193 e. The monoisotopic (exact) mass is 363 g/mol. The van der Waals surface area contributed by atoms with Crippen molar-refractivity contribution in [2.24, 2.45) is 4.99 Å². The van der Waals surface area contributed by atoms with Gasteiger partial charge < -0.3 is 14.7 Å². The summed E-state index contributed by atoms with van der Waals surface area (Å²) in [7, 11) is 1.73. The third-order valence-electron chi connectivity index (χ3n) is 4.47. The molecule has 3 rings (SSSR count). The number of aromatic nitrogens is 1. The molecule has 0 atom stereocenters. The number of hydrogen-bond acceptors (Lipinski definition) is 4. The second kappa shape index (κ2) is 8.75. The quantitative estimate of drug-likeness (QED) is 0.649. The highest BCUT2D eigenvalue weighted by molar-refractivity contribution is 5.80. The molecule has 0 bridgehead atoms. The molecule has 1 aliphatic rings. The summed E-state index contributed by atoms with van der Waals surface area (Å²) in [5, 5.41) is 7.18. The van der Waals surface area contributed by atoms with Crippen LogP contribution >= 0.6 is 0 Å². The summed E-state index contributed by atoms with van der Waals surface area (Å²) in [5.41, 5.74) is 1.29. The summed E-state index contributed by atoms with van der Waals surface area (Å²) in [6.07, 6.45) is 1.98. The van der Waals surface area contributed by atoms with E-state index >= 15 is 0 Å². The fraction of sp³-hybridized carbons (Fsp3) is 0.444. The van der Waals surface area contributed by atoms with Gasteiger partial charge in [0.25, 0.3) is 0 Å². The van der Waals surface area contributed by atoms with Crippen LogP contribution < -0.4 is 5.32 Å². The molecule has 1 aromatic heterocycles. The summed E-state index contributed by atoms with van der Waals surface area (Å²) < 4.78 is 31.8. The lowest BCUT2D eigenvalue weighted by Crippen LogP contribution is -2.52. The molecule has 0 saturated carbocycles. The van der Waals surface area contributed by atoms with Crippen LogP contribution in [0.1, 0.15) is 11.3 Å². The molecule has 1 saturated heterocycles. The van der Waals surface area contributed by atoms with Crippen molar-refractivity contribution in [3.05, 3.63) is 53.4 Å². The zero-order valence-corrected chi connectivity index (χ0v) is 14.8. The summed E-state index contributed by atoms with van der Waals surface area (Å²) in [5.74, 6) is -0.802. The van der Waals surface area contributed by atoms with E-state index in [0.29, 0.717) is 18.5 Å². The number of aliphatic imine (C=N–C) groups is 1. The van der Waals surface area contributed by atoms with E-state index in [-0.39, 0.29) is 0 Å². The largest absolute Gasteiger partial charge is 0.364 e. The van der Waals surface area contributed by atoms with Crippen LogP contribution in [0.3, 0.4) is 0 Å². The van der Waals surface area contributed by atoms with Crippen LogP contribution in [0.15, 0.2) is 40.0 Å². The Balaban J connectivity index is 1.45. The van der Waals surface area contributed by atoms with Gasteiger partial charge in [0, 0.05) is 52.4 Å². The van der Waals surface area contributed by atoms with Crippen LogP contribution in [0.5, 0.6) is 0 Å². The second-order valence-corrected chi connectivity index (χ2v) is 6.19. The maximum Gasteiger partial charge on any atom is 0.193 e. The summed E-state index contributed by atoms with van der Waals surface area (Å²) in [6.45, 7) is 4.73. The molecule has 26 heavy (non-hydrogen) atoms. The van der Waals surface area contributed by atoms with Gasteiger partial charge in [-0.05, 0) is 18.1 Å². The molecule has 1 N–H and O–H groups in total. The normalized spacial score (nSPS) is 16.1. The summed E-state index contributed by atoms with van der Waals surface area (Å²) >= 11 is 0. The fourth-order valence-electron chi connectivity index (χ4n) is 3.05. The fourth-order valence-corrected chi connectivity index (χ4v) is 3.05. The van der Waals surface area contributed by atoms with E-state index in [1.54, 1.807) is 19.4 Å². The van der Waals surface area contributed by atoms with Crippen molar-refractivity contribution in [2.45, 2.75) is 13.0 Å². The Labute approximate surface area is 151 Å². The van der Waals surface area contributed by atoms with E-state index in [0.717, 1.165) is 50.4 Å². The van der Waals surface area contributed by atoms with Crippen molar-refractivity contribution in [1.82, 2.24) is 20.3 Å². The number of nitrogens with zero attached hydrogens (tertiary/aromatic N) is 4. The first-order valence-electron chi connectivity index (χ1n) is 8.67. The minimum absolute atomic E-state index is 0.366. The number of hydrogen-bond donors (Lipinski definition) is 1. The van der Waals surface area contributed by atoms with Gasteiger partial charge >= 0.3 is 0 Å². The second-order valence-electron chi connectivity index (χ2n) is 6.19. The molecule has 1 fully saturated rings. The molecule has 0 unspecified atom stereocenters. The zero-order chi connectivity index (χ0) is 18.4. The van der Waals surface area contributed by atoms with Gasteiger partial charge in [-0.15, -0.1) is 0 Å². The van der Waals surface area contributed by atoms with E-state index in [2.05, 4.69) is 25.3 Å². The first-order chi connectivity index (χ1) is 12.7. The molecule has 0 amide bonds. The molecule has 2 heterocycles. The molecule has 0 spiro atoms. The molecule has 140 valence electrons. The van der Waals surface area contributed by atoms with Gasteiger partial charge in [-0.2, -0.15) is 0 Å². The Bertz CT molecular complexity index is 727. The molecule has 1 aliphatic heterocycles. The van der Waals surface area contributed by atoms with E-state index in [1.165, 1.54) is 6.07 Å². The van der Waals surface area contributed by atoms with Gasteiger partial charge in [-0.25, -0.2) is 8.78 Å². The van der Waals surface area contributed by atoms with Gasteiger partial charge in [0.05, 0.1) is 5.69 Å². The number of rotatable bonds is 5. The average molecular weight is 363 g/mol. The molecular formula is C18H23F2N5O. The lowest BCUT2D eigenvalue weighted by Gasteiger charge is -2.36. The highest BCUT2D eigenvalue weighted by Crippen LogP contribution is 2.12. The molecule has 0 radical (unpaired) electrons. The lowest BCUT2D eigenvalue weighted by molar-refractivity contribution is 0.169. The highest BCUT2D eigenvalue weighted by atomic mass is 19.2. The van der Waals surface area contributed by atoms with E-state index in [9.17, 15) is 8.78 Å². The molecule has 8 heteroatoms. The topological polar surface area (TPSA) is 56.9 Å². The third kappa shape index (κ3) is 4.57. The Hall–Kier alpha value is -2.48. The SMILES string of the molecule is CN=C(NCCc1cccc(F)c1F)N1CCN(Cc2ccon2)CC1. The number of halogens is 2. The molecular weight excluding hydrogens is 340 g/mol. The molecule has 1 aromatic carbocycles. The van der Waals surface area contributed by atoms with Gasteiger partial charge in [0.2, 0.25) is 0 Å². The van der Waals surface area contributed by atoms with Crippen molar-refractivity contribution in [3.63, 3.8) is 0 Å². The summed E-state index contributed by atoms with van der Waals surface area (Å²) in [4.78, 5) is 8.78. The number of nitrogens with one attached hydrogen (secondary N) is 1. The van der Waals surface area contributed by atoms with Crippen molar-refractivity contribution in [3.8, 4) is 0 Å². The first kappa shape index (κ1) is 18.3. The van der Waals surface area contributed by atoms with E-state index < -0.39 is 11.6 Å². The number of piperazine rings is 1. The Morgan fingerprint density at radius 3 is 2.73 bits per heavy atom. The summed E-state index contributed by atoms with van der Waals surface area (Å²) in [6, 6.07) is 6.13. The van der Waals surface area contributed by atoms with E-state index in [1.807, 2.05) is 6.07 Å².